The summed E-state index contributed by atoms with van der Waals surface area (Å²) in [6.07, 6.45) is 3.25. The van der Waals surface area contributed by atoms with Gasteiger partial charge in [-0.3, -0.25) is 0 Å². The molecule has 0 aromatic rings. The first-order valence-electron chi connectivity index (χ1n) is 3.86. The van der Waals surface area contributed by atoms with Crippen LogP contribution in [0.5, 0.6) is 0 Å². The number of nitrogens with zero attached hydrogens (tertiary/aromatic N) is 3. The summed E-state index contributed by atoms with van der Waals surface area (Å²) in [7, 11) is 0. The molecule has 1 rings (SSSR count). The van der Waals surface area contributed by atoms with Crippen LogP contribution in [0, 0.1) is 0 Å². The van der Waals surface area contributed by atoms with Gasteiger partial charge in [-0.15, -0.1) is 5.01 Å². The second-order valence-electron chi connectivity index (χ2n) is 2.87. The lowest BCUT2D eigenvalue weighted by Crippen LogP contribution is -2.42. The van der Waals surface area contributed by atoms with E-state index in [1.54, 1.807) is 5.01 Å². The zero-order chi connectivity index (χ0) is 8.27. The summed E-state index contributed by atoms with van der Waals surface area (Å²) in [6, 6.07) is 0.254. The van der Waals surface area contributed by atoms with Crippen LogP contribution in [-0.2, 0) is 0 Å². The van der Waals surface area contributed by atoms with Gasteiger partial charge in [-0.1, -0.05) is 0 Å². The average Bonchev–Trinajstić information content (AvgIpc) is 2.04. The molecule has 64 valence electrons. The van der Waals surface area contributed by atoms with Crippen molar-refractivity contribution >= 4 is 0 Å². The third kappa shape index (κ3) is 1.72. The standard InChI is InChI=1S/C6H13N3O2/c1-6-4-2-3-5-8(6)9(11)7-10/h6,11H,2-5H2,1H3/p+1. The molecule has 1 heterocycles. The van der Waals surface area contributed by atoms with Crippen LogP contribution >= 0.6 is 0 Å². The summed E-state index contributed by atoms with van der Waals surface area (Å²) in [4.78, 5) is 0.518. The van der Waals surface area contributed by atoms with Crippen molar-refractivity contribution in [1.29, 1.82) is 0 Å². The van der Waals surface area contributed by atoms with E-state index in [0.29, 0.717) is 4.97 Å². The lowest BCUT2D eigenvalue weighted by atomic mass is 10.1. The van der Waals surface area contributed by atoms with Crippen molar-refractivity contribution in [3.8, 4) is 0 Å². The molecule has 1 unspecified atom stereocenters. The van der Waals surface area contributed by atoms with Gasteiger partial charge in [0.05, 0.1) is 12.6 Å². The van der Waals surface area contributed by atoms with E-state index in [-0.39, 0.29) is 6.04 Å². The molecule has 1 atom stereocenters. The maximum atomic E-state index is 9.00. The van der Waals surface area contributed by atoms with Crippen molar-refractivity contribution in [3.05, 3.63) is 0 Å². The molecule has 0 aliphatic carbocycles. The topological polar surface area (TPSA) is 59.1 Å². The van der Waals surface area contributed by atoms with Crippen LogP contribution in [0.25, 0.3) is 0 Å². The highest BCUT2D eigenvalue weighted by atomic mass is 16.6. The Bertz CT molecular complexity index is 160. The fraction of sp³-hybridized carbons (Fsp3) is 1.00. The molecule has 0 aromatic heterocycles. The van der Waals surface area contributed by atoms with E-state index in [9.17, 15) is 0 Å². The summed E-state index contributed by atoms with van der Waals surface area (Å²) >= 11 is 0. The monoisotopic (exact) mass is 160 g/mol. The van der Waals surface area contributed by atoms with Gasteiger partial charge in [0.1, 0.15) is 0 Å². The molecule has 0 amide bonds. The van der Waals surface area contributed by atoms with Gasteiger partial charge in [-0.25, -0.2) is 5.21 Å². The molecule has 0 spiro atoms. The highest BCUT2D eigenvalue weighted by Crippen LogP contribution is 2.15. The summed E-state index contributed by atoms with van der Waals surface area (Å²) < 4.78 is 0. The predicted octanol–water partition coefficient (Wildman–Crippen LogP) is 1.02. The summed E-state index contributed by atoms with van der Waals surface area (Å²) in [5.74, 6) is 0. The minimum Gasteiger partial charge on any atom is -0.357 e. The highest BCUT2D eigenvalue weighted by Gasteiger charge is 2.28. The first-order chi connectivity index (χ1) is 5.25. The van der Waals surface area contributed by atoms with E-state index >= 15 is 0 Å². The van der Waals surface area contributed by atoms with Crippen LogP contribution in [0.3, 0.4) is 0 Å². The lowest BCUT2D eigenvalue weighted by molar-refractivity contribution is -0.945. The van der Waals surface area contributed by atoms with Gasteiger partial charge in [0.25, 0.3) is 10.2 Å². The summed E-state index contributed by atoms with van der Waals surface area (Å²) in [5.41, 5.74) is 0. The Balaban J connectivity index is 2.54. The molecule has 11 heavy (non-hydrogen) atoms. The smallest absolute Gasteiger partial charge is 0.271 e. The number of hydrogen-bond donors (Lipinski definition) is 2. The number of piperidine rings is 1. The third-order valence-corrected chi connectivity index (χ3v) is 2.08. The van der Waals surface area contributed by atoms with Crippen molar-refractivity contribution in [2.75, 3.05) is 6.54 Å². The van der Waals surface area contributed by atoms with Crippen LogP contribution in [0.4, 0.5) is 0 Å². The first kappa shape index (κ1) is 8.10. The Morgan fingerprint density at radius 2 is 2.27 bits per heavy atom. The van der Waals surface area contributed by atoms with Gasteiger partial charge < -0.3 is 5.21 Å². The Hall–Kier alpha value is -1.00. The maximum absolute atomic E-state index is 9.00. The lowest BCUT2D eigenvalue weighted by Gasteiger charge is -2.23. The number of rotatable bonds is 1. The van der Waals surface area contributed by atoms with Gasteiger partial charge in [0, 0.05) is 0 Å². The van der Waals surface area contributed by atoms with E-state index in [0.717, 1.165) is 19.4 Å². The quantitative estimate of drug-likeness (QED) is 0.342. The van der Waals surface area contributed by atoms with Crippen molar-refractivity contribution in [3.63, 3.8) is 0 Å². The summed E-state index contributed by atoms with van der Waals surface area (Å²) in [6.45, 7) is 2.75. The number of hydrogen-bond acceptors (Lipinski definition) is 1. The van der Waals surface area contributed by atoms with Crippen molar-refractivity contribution in [2.45, 2.75) is 32.2 Å². The average molecular weight is 160 g/mol. The van der Waals surface area contributed by atoms with Crippen LogP contribution < -0.4 is 0 Å². The Labute approximate surface area is 65.4 Å². The second kappa shape index (κ2) is 3.41. The largest absolute Gasteiger partial charge is 0.357 e. The molecule has 0 saturated carbocycles. The minimum absolute atomic E-state index is 0.254. The van der Waals surface area contributed by atoms with Gasteiger partial charge in [0.15, 0.2) is 0 Å². The molecule has 1 saturated heterocycles. The molecule has 0 radical (unpaired) electrons. The van der Waals surface area contributed by atoms with Gasteiger partial charge in [-0.2, -0.15) is 0 Å². The van der Waals surface area contributed by atoms with E-state index in [1.807, 2.05) is 6.92 Å². The number of hydrazine groups is 1. The Morgan fingerprint density at radius 3 is 2.82 bits per heavy atom. The van der Waals surface area contributed by atoms with E-state index in [4.69, 9.17) is 10.4 Å². The zero-order valence-corrected chi connectivity index (χ0v) is 6.64. The van der Waals surface area contributed by atoms with Gasteiger partial charge in [-0.05, 0) is 26.2 Å². The predicted molar refractivity (Wildman–Crippen MR) is 36.3 cm³/mol. The van der Waals surface area contributed by atoms with Gasteiger partial charge in [0.2, 0.25) is 0 Å². The molecule has 5 nitrogen and oxygen atoms in total. The zero-order valence-electron chi connectivity index (χ0n) is 6.64. The molecule has 1 aliphatic heterocycles. The van der Waals surface area contributed by atoms with Crippen LogP contribution in [0.2, 0.25) is 0 Å². The van der Waals surface area contributed by atoms with Crippen molar-refractivity contribution in [1.82, 2.24) is 5.01 Å². The SMILES string of the molecule is CC1CCCCN1[N+](O)=NO. The normalized spacial score (nSPS) is 27.2. The highest BCUT2D eigenvalue weighted by molar-refractivity contribution is 4.64. The first-order valence-corrected chi connectivity index (χ1v) is 3.86. The summed E-state index contributed by atoms with van der Waals surface area (Å²) in [5, 5.41) is 21.6. The fourth-order valence-electron chi connectivity index (χ4n) is 1.40. The minimum atomic E-state index is 0.254. The third-order valence-electron chi connectivity index (χ3n) is 2.08. The molecule has 5 heteroatoms. The fourth-order valence-corrected chi connectivity index (χ4v) is 1.40. The Kier molecular flexibility index (Phi) is 2.51. The second-order valence-corrected chi connectivity index (χ2v) is 2.87. The van der Waals surface area contributed by atoms with E-state index in [1.165, 1.54) is 6.42 Å². The molecule has 0 aromatic carbocycles. The molecular formula is C6H14N3O2+. The van der Waals surface area contributed by atoms with E-state index in [2.05, 4.69) is 5.28 Å². The van der Waals surface area contributed by atoms with Crippen LogP contribution in [-0.4, -0.2) is 33.0 Å². The molecule has 0 bridgehead atoms. The van der Waals surface area contributed by atoms with Gasteiger partial charge >= 0.3 is 0 Å². The maximum Gasteiger partial charge on any atom is 0.271 e. The molecule has 1 fully saturated rings. The van der Waals surface area contributed by atoms with Crippen molar-refractivity contribution in [2.24, 2.45) is 5.28 Å². The van der Waals surface area contributed by atoms with Crippen molar-refractivity contribution < 1.29 is 15.4 Å². The Morgan fingerprint density at radius 1 is 1.55 bits per heavy atom. The van der Waals surface area contributed by atoms with Crippen LogP contribution in [0.1, 0.15) is 26.2 Å². The van der Waals surface area contributed by atoms with Crippen LogP contribution in [0.15, 0.2) is 5.28 Å². The molecule has 2 N–H and O–H groups in total. The van der Waals surface area contributed by atoms with E-state index < -0.39 is 0 Å². The molecule has 1 aliphatic rings. The molecular weight excluding hydrogens is 146 g/mol.